The molecule has 17 heavy (non-hydrogen) atoms. The maximum atomic E-state index is 9.56. The number of hydrogen-bond donors (Lipinski definition) is 1. The molecule has 3 fully saturated rings. The van der Waals surface area contributed by atoms with Gasteiger partial charge in [-0.3, -0.25) is 0 Å². The van der Waals surface area contributed by atoms with Crippen molar-refractivity contribution < 1.29 is 5.11 Å². The van der Waals surface area contributed by atoms with Crippen LogP contribution >= 0.6 is 0 Å². The Labute approximate surface area is 105 Å². The third kappa shape index (κ3) is 2.53. The lowest BCUT2D eigenvalue weighted by atomic mass is 9.87. The first-order valence-corrected chi connectivity index (χ1v) is 7.60. The van der Waals surface area contributed by atoms with E-state index in [2.05, 4.69) is 11.9 Å². The summed E-state index contributed by atoms with van der Waals surface area (Å²) in [6, 6.07) is 0.748. The monoisotopic (exact) mass is 237 g/mol. The number of hydrogen-bond acceptors (Lipinski definition) is 2. The molecule has 3 saturated carbocycles. The van der Waals surface area contributed by atoms with Crippen molar-refractivity contribution in [1.82, 2.24) is 4.90 Å². The van der Waals surface area contributed by atoms with Gasteiger partial charge in [0.15, 0.2) is 0 Å². The summed E-state index contributed by atoms with van der Waals surface area (Å²) in [6.45, 7) is 1.32. The zero-order chi connectivity index (χ0) is 11.8. The zero-order valence-corrected chi connectivity index (χ0v) is 11.1. The van der Waals surface area contributed by atoms with E-state index in [4.69, 9.17) is 0 Å². The van der Waals surface area contributed by atoms with E-state index >= 15 is 0 Å². The fourth-order valence-electron chi connectivity index (χ4n) is 4.62. The SMILES string of the molecule is CN(CC1CC2CCC1C2)C1CCC(O)CC1. The molecular formula is C15H27NO. The normalized spacial score (nSPS) is 45.7. The number of aliphatic hydroxyl groups excluding tert-OH is 1. The smallest absolute Gasteiger partial charge is 0.0541 e. The fourth-order valence-corrected chi connectivity index (χ4v) is 4.62. The molecule has 2 nitrogen and oxygen atoms in total. The predicted molar refractivity (Wildman–Crippen MR) is 69.8 cm³/mol. The third-order valence-corrected chi connectivity index (χ3v) is 5.70. The van der Waals surface area contributed by atoms with Crippen molar-refractivity contribution in [2.45, 2.75) is 63.5 Å². The van der Waals surface area contributed by atoms with Gasteiger partial charge in [-0.25, -0.2) is 0 Å². The van der Waals surface area contributed by atoms with Gasteiger partial charge in [0, 0.05) is 12.6 Å². The quantitative estimate of drug-likeness (QED) is 0.815. The van der Waals surface area contributed by atoms with Gasteiger partial charge >= 0.3 is 0 Å². The van der Waals surface area contributed by atoms with E-state index in [1.807, 2.05) is 0 Å². The molecule has 0 aromatic heterocycles. The molecule has 3 aliphatic rings. The highest BCUT2D eigenvalue weighted by atomic mass is 16.3. The minimum absolute atomic E-state index is 0.0119. The first-order valence-electron chi connectivity index (χ1n) is 7.60. The number of rotatable bonds is 3. The molecule has 2 bridgehead atoms. The largest absolute Gasteiger partial charge is 0.393 e. The average molecular weight is 237 g/mol. The Morgan fingerprint density at radius 3 is 2.35 bits per heavy atom. The van der Waals surface area contributed by atoms with Crippen LogP contribution in [0.2, 0.25) is 0 Å². The van der Waals surface area contributed by atoms with Gasteiger partial charge < -0.3 is 10.0 Å². The lowest BCUT2D eigenvalue weighted by molar-refractivity contribution is 0.0735. The summed E-state index contributed by atoms with van der Waals surface area (Å²) < 4.78 is 0. The van der Waals surface area contributed by atoms with E-state index in [9.17, 15) is 5.11 Å². The van der Waals surface area contributed by atoms with Crippen molar-refractivity contribution in [2.75, 3.05) is 13.6 Å². The van der Waals surface area contributed by atoms with E-state index in [0.717, 1.165) is 36.6 Å². The Morgan fingerprint density at radius 2 is 1.76 bits per heavy atom. The molecule has 3 rings (SSSR count). The van der Waals surface area contributed by atoms with Gasteiger partial charge in [-0.1, -0.05) is 6.42 Å². The van der Waals surface area contributed by atoms with Crippen molar-refractivity contribution in [3.8, 4) is 0 Å². The Bertz CT molecular complexity index is 260. The Morgan fingerprint density at radius 1 is 1.00 bits per heavy atom. The van der Waals surface area contributed by atoms with Crippen molar-refractivity contribution in [3.63, 3.8) is 0 Å². The molecule has 0 saturated heterocycles. The molecule has 3 aliphatic carbocycles. The molecule has 0 amide bonds. The van der Waals surface area contributed by atoms with Crippen LogP contribution in [0.5, 0.6) is 0 Å². The van der Waals surface area contributed by atoms with Crippen LogP contribution in [0.3, 0.4) is 0 Å². The van der Waals surface area contributed by atoms with Crippen LogP contribution in [-0.4, -0.2) is 35.7 Å². The molecule has 0 spiro atoms. The molecule has 3 unspecified atom stereocenters. The molecule has 1 N–H and O–H groups in total. The summed E-state index contributed by atoms with van der Waals surface area (Å²) in [5.41, 5.74) is 0. The van der Waals surface area contributed by atoms with Crippen LogP contribution in [0.4, 0.5) is 0 Å². The standard InChI is InChI=1S/C15H27NO/c1-16(14-4-6-15(17)7-5-14)10-13-9-11-2-3-12(13)8-11/h11-15,17H,2-10H2,1H3. The van der Waals surface area contributed by atoms with E-state index in [-0.39, 0.29) is 6.10 Å². The van der Waals surface area contributed by atoms with Crippen LogP contribution in [0.1, 0.15) is 51.4 Å². The van der Waals surface area contributed by atoms with Gasteiger partial charge in [0.1, 0.15) is 0 Å². The summed E-state index contributed by atoms with van der Waals surface area (Å²) in [5, 5.41) is 9.56. The molecular weight excluding hydrogens is 210 g/mol. The molecule has 2 heteroatoms. The second kappa shape index (κ2) is 4.89. The molecule has 0 heterocycles. The van der Waals surface area contributed by atoms with Crippen LogP contribution in [-0.2, 0) is 0 Å². The fraction of sp³-hybridized carbons (Fsp3) is 1.00. The molecule has 0 aromatic rings. The van der Waals surface area contributed by atoms with E-state index in [1.165, 1.54) is 45.1 Å². The van der Waals surface area contributed by atoms with Crippen LogP contribution < -0.4 is 0 Å². The number of nitrogens with zero attached hydrogens (tertiary/aromatic N) is 1. The summed E-state index contributed by atoms with van der Waals surface area (Å²) in [6.07, 6.45) is 10.5. The molecule has 0 radical (unpaired) electrons. The molecule has 98 valence electrons. The number of fused-ring (bicyclic) bond motifs is 2. The topological polar surface area (TPSA) is 23.5 Å². The number of aliphatic hydroxyl groups is 1. The maximum Gasteiger partial charge on any atom is 0.0541 e. The van der Waals surface area contributed by atoms with Gasteiger partial charge in [0.25, 0.3) is 0 Å². The summed E-state index contributed by atoms with van der Waals surface area (Å²) in [5.74, 6) is 3.12. The zero-order valence-electron chi connectivity index (χ0n) is 11.1. The Balaban J connectivity index is 1.48. The van der Waals surface area contributed by atoms with Gasteiger partial charge in [0.2, 0.25) is 0 Å². The predicted octanol–water partition coefficient (Wildman–Crippen LogP) is 2.66. The summed E-state index contributed by atoms with van der Waals surface area (Å²) in [7, 11) is 2.31. The highest BCUT2D eigenvalue weighted by molar-refractivity contribution is 4.92. The van der Waals surface area contributed by atoms with Gasteiger partial charge in [-0.2, -0.15) is 0 Å². The average Bonchev–Trinajstić information content (AvgIpc) is 2.91. The molecule has 0 aromatic carbocycles. The van der Waals surface area contributed by atoms with Gasteiger partial charge in [-0.15, -0.1) is 0 Å². The Hall–Kier alpha value is -0.0800. The van der Waals surface area contributed by atoms with Crippen molar-refractivity contribution >= 4 is 0 Å². The highest BCUT2D eigenvalue weighted by Crippen LogP contribution is 2.48. The van der Waals surface area contributed by atoms with Gasteiger partial charge in [0.05, 0.1) is 6.10 Å². The molecule has 3 atom stereocenters. The van der Waals surface area contributed by atoms with E-state index in [0.29, 0.717) is 0 Å². The minimum Gasteiger partial charge on any atom is -0.393 e. The van der Waals surface area contributed by atoms with Gasteiger partial charge in [-0.05, 0) is 69.7 Å². The van der Waals surface area contributed by atoms with Crippen molar-refractivity contribution in [3.05, 3.63) is 0 Å². The highest BCUT2D eigenvalue weighted by Gasteiger charge is 2.40. The molecule has 0 aliphatic heterocycles. The second-order valence-corrected chi connectivity index (χ2v) is 6.84. The van der Waals surface area contributed by atoms with E-state index in [1.54, 1.807) is 0 Å². The third-order valence-electron chi connectivity index (χ3n) is 5.70. The summed E-state index contributed by atoms with van der Waals surface area (Å²) >= 11 is 0. The lowest BCUT2D eigenvalue weighted by Gasteiger charge is -2.36. The van der Waals surface area contributed by atoms with E-state index < -0.39 is 0 Å². The van der Waals surface area contributed by atoms with Crippen LogP contribution in [0, 0.1) is 17.8 Å². The first kappa shape index (κ1) is 12.0. The van der Waals surface area contributed by atoms with Crippen molar-refractivity contribution in [1.29, 1.82) is 0 Å². The lowest BCUT2D eigenvalue weighted by Crippen LogP contribution is -2.40. The maximum absolute atomic E-state index is 9.56. The Kier molecular flexibility index (Phi) is 3.45. The van der Waals surface area contributed by atoms with Crippen LogP contribution in [0.15, 0.2) is 0 Å². The van der Waals surface area contributed by atoms with Crippen LogP contribution in [0.25, 0.3) is 0 Å². The van der Waals surface area contributed by atoms with Crippen molar-refractivity contribution in [2.24, 2.45) is 17.8 Å². The minimum atomic E-state index is -0.0119. The second-order valence-electron chi connectivity index (χ2n) is 6.84. The summed E-state index contributed by atoms with van der Waals surface area (Å²) in [4.78, 5) is 2.61. The first-order chi connectivity index (χ1) is 8.22.